The summed E-state index contributed by atoms with van der Waals surface area (Å²) in [5.74, 6) is 0. The Labute approximate surface area is 182 Å². The molecule has 6 nitrogen and oxygen atoms in total. The number of hydrogen-bond donors (Lipinski definition) is 0. The average molecular weight is 452 g/mol. The van der Waals surface area contributed by atoms with E-state index < -0.39 is 13.5 Å². The molecule has 0 aromatic heterocycles. The van der Waals surface area contributed by atoms with Gasteiger partial charge in [0.05, 0.1) is 0 Å². The molecule has 0 aromatic carbocycles. The molecular weight excluding hydrogens is 407 g/mol. The van der Waals surface area contributed by atoms with Crippen molar-refractivity contribution in [3.63, 3.8) is 0 Å². The van der Waals surface area contributed by atoms with Crippen molar-refractivity contribution in [3.05, 3.63) is 24.8 Å². The molecule has 2 aliphatic heterocycles. The van der Waals surface area contributed by atoms with Crippen molar-refractivity contribution in [1.29, 1.82) is 0 Å². The predicted octanol–water partition coefficient (Wildman–Crippen LogP) is 4.42. The van der Waals surface area contributed by atoms with Gasteiger partial charge in [0.15, 0.2) is 0 Å². The van der Waals surface area contributed by atoms with Gasteiger partial charge in [0.25, 0.3) is 0 Å². The molecule has 2 rings (SSSR count). The Morgan fingerprint density at radius 2 is 1.10 bits per heavy atom. The summed E-state index contributed by atoms with van der Waals surface area (Å²) in [4.78, 5) is 9.55. The van der Waals surface area contributed by atoms with Crippen LogP contribution in [0.5, 0.6) is 0 Å². The second-order valence-electron chi connectivity index (χ2n) is 8.19. The minimum absolute atomic E-state index is 0.110. The van der Waals surface area contributed by atoms with Crippen LogP contribution in [0.15, 0.2) is 24.8 Å². The second-order valence-corrected chi connectivity index (χ2v) is 11.7. The number of nitrogens with zero attached hydrogens (tertiary/aromatic N) is 4. The van der Waals surface area contributed by atoms with Gasteiger partial charge in [-0.05, 0) is 0 Å². The van der Waals surface area contributed by atoms with Crippen LogP contribution in [0.1, 0.15) is 67.2 Å². The van der Waals surface area contributed by atoms with E-state index in [4.69, 9.17) is 7.64 Å². The summed E-state index contributed by atoms with van der Waals surface area (Å²) in [6.07, 6.45) is 13.3. The molecule has 0 spiro atoms. The van der Waals surface area contributed by atoms with E-state index in [1.165, 1.54) is 0 Å². The molecule has 0 aliphatic carbocycles. The molecule has 2 heterocycles. The normalized spacial score (nSPS) is 26.9. The predicted molar refractivity (Wildman–Crippen MR) is 117 cm³/mol. The molecule has 171 valence electrons. The van der Waals surface area contributed by atoms with Crippen LogP contribution in [0.2, 0.25) is 0 Å². The van der Waals surface area contributed by atoms with E-state index in [0.717, 1.165) is 38.8 Å². The van der Waals surface area contributed by atoms with E-state index in [9.17, 15) is 0 Å². The van der Waals surface area contributed by atoms with Crippen LogP contribution in [0, 0.1) is 0 Å². The Bertz CT molecular complexity index is 511. The van der Waals surface area contributed by atoms with Gasteiger partial charge in [-0.25, -0.2) is 0 Å². The first-order valence-electron chi connectivity index (χ1n) is 11.3. The summed E-state index contributed by atoms with van der Waals surface area (Å²) in [5, 5.41) is 0.220. The molecule has 0 radical (unpaired) electrons. The van der Waals surface area contributed by atoms with Crippen LogP contribution in [-0.4, -0.2) is 69.1 Å². The van der Waals surface area contributed by atoms with Crippen molar-refractivity contribution in [2.45, 2.75) is 89.6 Å². The van der Waals surface area contributed by atoms with E-state index in [2.05, 4.69) is 100 Å². The van der Waals surface area contributed by atoms with Gasteiger partial charge in [0.2, 0.25) is 0 Å². The number of rotatable bonds is 12. The molecule has 0 N–H and O–H groups in total. The Hall–Kier alpha value is -0.881. The Morgan fingerprint density at radius 3 is 1.41 bits per heavy atom. The molecule has 0 amide bonds. The van der Waals surface area contributed by atoms with Crippen molar-refractivity contribution in [2.75, 3.05) is 27.2 Å². The molecule has 4 unspecified atom stereocenters. The third-order valence-electron chi connectivity index (χ3n) is 5.45. The monoisotopic (exact) mass is 451 g/mol. The second kappa shape index (κ2) is 10.9. The summed E-state index contributed by atoms with van der Waals surface area (Å²) < 4.78 is 14.2. The van der Waals surface area contributed by atoms with Crippen molar-refractivity contribution >= 4 is 0 Å². The van der Waals surface area contributed by atoms with Crippen LogP contribution in [-0.2, 0) is 21.1 Å². The molecule has 7 heteroatoms. The Balaban J connectivity index is 2.59. The van der Waals surface area contributed by atoms with Crippen LogP contribution in [0.3, 0.4) is 0 Å². The molecule has 0 saturated heterocycles. The summed E-state index contributed by atoms with van der Waals surface area (Å²) in [6.45, 7) is 15.3. The average Bonchev–Trinajstić information content (AvgIpc) is 3.24. The van der Waals surface area contributed by atoms with Crippen molar-refractivity contribution in [3.8, 4) is 0 Å². The first kappa shape index (κ1) is 24.4. The fourth-order valence-corrected chi connectivity index (χ4v) is 9.67. The molecule has 0 saturated carbocycles. The van der Waals surface area contributed by atoms with Crippen LogP contribution in [0.4, 0.5) is 0 Å². The maximum atomic E-state index is 7.09. The summed E-state index contributed by atoms with van der Waals surface area (Å²) in [6, 6.07) is 0. The van der Waals surface area contributed by atoms with Gasteiger partial charge in [-0.1, -0.05) is 0 Å². The molecule has 4 atom stereocenters. The minimum atomic E-state index is -2.87. The van der Waals surface area contributed by atoms with Gasteiger partial charge in [-0.2, -0.15) is 0 Å². The molecule has 29 heavy (non-hydrogen) atoms. The zero-order valence-electron chi connectivity index (χ0n) is 19.8. The third-order valence-corrected chi connectivity index (χ3v) is 10.7. The van der Waals surface area contributed by atoms with E-state index in [1.54, 1.807) is 0 Å². The quantitative estimate of drug-likeness (QED) is 0.408. The molecule has 0 aromatic rings. The van der Waals surface area contributed by atoms with E-state index in [1.807, 2.05) is 0 Å². The Kier molecular flexibility index (Phi) is 9.20. The molecule has 0 bridgehead atoms. The van der Waals surface area contributed by atoms with Crippen LogP contribution in [0.25, 0.3) is 0 Å². The van der Waals surface area contributed by atoms with Crippen molar-refractivity contribution < 1.29 is 21.1 Å². The third kappa shape index (κ3) is 5.24. The SMILES string of the molecule is CCCN1C=CN(C)[CH]1[Mn]([O]C(C)CC)([O]C(C)CC)[CH]1N(C)C=CN1CCC. The van der Waals surface area contributed by atoms with Crippen molar-refractivity contribution in [2.24, 2.45) is 0 Å². The summed E-state index contributed by atoms with van der Waals surface area (Å²) in [5.41, 5.74) is 0. The molecular formula is C22H44MnN4O2. The van der Waals surface area contributed by atoms with Crippen LogP contribution >= 0.6 is 0 Å². The first-order valence-corrected chi connectivity index (χ1v) is 13.6. The molecule has 2 aliphatic rings. The van der Waals surface area contributed by atoms with Gasteiger partial charge in [-0.3, -0.25) is 0 Å². The Morgan fingerprint density at radius 1 is 0.724 bits per heavy atom. The van der Waals surface area contributed by atoms with Crippen LogP contribution < -0.4 is 0 Å². The maximum absolute atomic E-state index is 7.09. The van der Waals surface area contributed by atoms with Gasteiger partial charge >= 0.3 is 182 Å². The van der Waals surface area contributed by atoms with Crippen molar-refractivity contribution in [1.82, 2.24) is 19.6 Å². The summed E-state index contributed by atoms with van der Waals surface area (Å²) >= 11 is -2.87. The number of hydrogen-bond acceptors (Lipinski definition) is 6. The summed E-state index contributed by atoms with van der Waals surface area (Å²) in [7, 11) is 4.34. The molecule has 0 fully saturated rings. The fraction of sp³-hybridized carbons (Fsp3) is 0.818. The van der Waals surface area contributed by atoms with Gasteiger partial charge in [0, 0.05) is 0 Å². The fourth-order valence-electron chi connectivity index (χ4n) is 3.70. The zero-order valence-corrected chi connectivity index (χ0v) is 21.0. The standard InChI is InChI=1S/2C7H13N2.2C4H9O.Mn/c2*1-3-4-9-6-5-8(2)7-9;2*1-3-4(2)5;/h2*5-7H,3-4H2,1-2H3;2*4H,3H2,1-2H3;/q;;2*-1;+2. The van der Waals surface area contributed by atoms with Gasteiger partial charge in [0.1, 0.15) is 0 Å². The first-order chi connectivity index (χ1) is 13.8. The zero-order chi connectivity index (χ0) is 21.6. The topological polar surface area (TPSA) is 31.4 Å². The van der Waals surface area contributed by atoms with E-state index in [-0.39, 0.29) is 22.3 Å². The van der Waals surface area contributed by atoms with E-state index in [0.29, 0.717) is 0 Å². The van der Waals surface area contributed by atoms with Gasteiger partial charge in [-0.15, -0.1) is 0 Å². The van der Waals surface area contributed by atoms with Gasteiger partial charge < -0.3 is 0 Å². The van der Waals surface area contributed by atoms with E-state index >= 15 is 0 Å².